The molecule has 3 rings (SSSR count). The minimum Gasteiger partial charge on any atom is -0.461 e. The highest BCUT2D eigenvalue weighted by Gasteiger charge is 2.30. The summed E-state index contributed by atoms with van der Waals surface area (Å²) in [7, 11) is 0. The molecule has 1 saturated heterocycles. The molecule has 0 bridgehead atoms. The molecule has 0 unspecified atom stereocenters. The van der Waals surface area contributed by atoms with E-state index in [1.54, 1.807) is 6.92 Å². The van der Waals surface area contributed by atoms with Crippen LogP contribution in [0.2, 0.25) is 5.02 Å². The molecule has 0 spiro atoms. The first-order valence-corrected chi connectivity index (χ1v) is 10.4. The third kappa shape index (κ3) is 3.99. The van der Waals surface area contributed by atoms with E-state index in [-0.39, 0.29) is 11.9 Å². The lowest BCUT2D eigenvalue weighted by Gasteiger charge is -2.36. The standard InChI is InChI=1S/C22H28ClN3O3/c1-5-26-16(4)19(15(3)20(26)22(28)29-6-2)21(27)25-13-11-24(12-14-25)18-10-8-7-9-17(18)23/h7-10H,5-6,11-14H2,1-4H3. The van der Waals surface area contributed by atoms with Crippen molar-refractivity contribution in [2.24, 2.45) is 0 Å². The summed E-state index contributed by atoms with van der Waals surface area (Å²) in [6.07, 6.45) is 0. The normalized spacial score (nSPS) is 14.2. The van der Waals surface area contributed by atoms with E-state index >= 15 is 0 Å². The molecule has 0 radical (unpaired) electrons. The highest BCUT2D eigenvalue weighted by atomic mass is 35.5. The van der Waals surface area contributed by atoms with Crippen LogP contribution in [-0.2, 0) is 11.3 Å². The molecule has 6 nitrogen and oxygen atoms in total. The molecule has 156 valence electrons. The topological polar surface area (TPSA) is 54.8 Å². The van der Waals surface area contributed by atoms with E-state index in [0.717, 1.165) is 16.4 Å². The molecular weight excluding hydrogens is 390 g/mol. The molecule has 29 heavy (non-hydrogen) atoms. The van der Waals surface area contributed by atoms with Crippen molar-refractivity contribution in [1.29, 1.82) is 0 Å². The molecular formula is C22H28ClN3O3. The summed E-state index contributed by atoms with van der Waals surface area (Å²) in [5.41, 5.74) is 3.59. The smallest absolute Gasteiger partial charge is 0.355 e. The van der Waals surface area contributed by atoms with Crippen molar-refractivity contribution in [3.05, 3.63) is 51.8 Å². The Labute approximate surface area is 177 Å². The van der Waals surface area contributed by atoms with Crippen molar-refractivity contribution < 1.29 is 14.3 Å². The van der Waals surface area contributed by atoms with Crippen molar-refractivity contribution in [3.63, 3.8) is 0 Å². The van der Waals surface area contributed by atoms with Gasteiger partial charge in [0.1, 0.15) is 5.69 Å². The second kappa shape index (κ2) is 8.91. The predicted molar refractivity (Wildman–Crippen MR) is 115 cm³/mol. The molecule has 1 aliphatic heterocycles. The highest BCUT2D eigenvalue weighted by molar-refractivity contribution is 6.33. The van der Waals surface area contributed by atoms with Gasteiger partial charge in [-0.05, 0) is 45.4 Å². The third-order valence-electron chi connectivity index (χ3n) is 5.53. The Hall–Kier alpha value is -2.47. The first-order valence-electron chi connectivity index (χ1n) is 10.1. The van der Waals surface area contributed by atoms with Crippen LogP contribution in [0.4, 0.5) is 5.69 Å². The number of hydrogen-bond acceptors (Lipinski definition) is 4. The number of hydrogen-bond donors (Lipinski definition) is 0. The molecule has 7 heteroatoms. The van der Waals surface area contributed by atoms with Gasteiger partial charge in [-0.2, -0.15) is 0 Å². The number of carbonyl (C=O) groups excluding carboxylic acids is 2. The van der Waals surface area contributed by atoms with Crippen LogP contribution in [0.1, 0.15) is 46.0 Å². The Morgan fingerprint density at radius 2 is 1.72 bits per heavy atom. The van der Waals surface area contributed by atoms with Crippen molar-refractivity contribution in [1.82, 2.24) is 9.47 Å². The summed E-state index contributed by atoms with van der Waals surface area (Å²) in [6, 6.07) is 7.76. The maximum absolute atomic E-state index is 13.3. The lowest BCUT2D eigenvalue weighted by atomic mass is 10.1. The van der Waals surface area contributed by atoms with Gasteiger partial charge in [0, 0.05) is 38.4 Å². The average Bonchev–Trinajstić information content (AvgIpc) is 2.97. The van der Waals surface area contributed by atoms with Gasteiger partial charge in [-0.15, -0.1) is 0 Å². The Balaban J connectivity index is 1.81. The molecule has 0 N–H and O–H groups in total. The van der Waals surface area contributed by atoms with Gasteiger partial charge in [-0.25, -0.2) is 4.79 Å². The number of esters is 1. The fourth-order valence-electron chi connectivity index (χ4n) is 4.08. The lowest BCUT2D eigenvalue weighted by molar-refractivity contribution is 0.0512. The van der Waals surface area contributed by atoms with E-state index in [9.17, 15) is 9.59 Å². The monoisotopic (exact) mass is 417 g/mol. The van der Waals surface area contributed by atoms with E-state index in [4.69, 9.17) is 16.3 Å². The molecule has 0 aliphatic carbocycles. The van der Waals surface area contributed by atoms with Crippen LogP contribution in [0.3, 0.4) is 0 Å². The number of halogens is 1. The summed E-state index contributed by atoms with van der Waals surface area (Å²) in [5, 5.41) is 0.720. The van der Waals surface area contributed by atoms with E-state index in [2.05, 4.69) is 4.90 Å². The Bertz CT molecular complexity index is 914. The second-order valence-corrected chi connectivity index (χ2v) is 7.54. The Morgan fingerprint density at radius 1 is 1.07 bits per heavy atom. The Morgan fingerprint density at radius 3 is 2.31 bits per heavy atom. The number of rotatable bonds is 5. The van der Waals surface area contributed by atoms with Gasteiger partial charge in [0.25, 0.3) is 5.91 Å². The quantitative estimate of drug-likeness (QED) is 0.692. The van der Waals surface area contributed by atoms with Crippen molar-refractivity contribution in [3.8, 4) is 0 Å². The zero-order valence-corrected chi connectivity index (χ0v) is 18.3. The summed E-state index contributed by atoms with van der Waals surface area (Å²) < 4.78 is 7.09. The molecule has 1 aromatic carbocycles. The van der Waals surface area contributed by atoms with Crippen LogP contribution < -0.4 is 4.90 Å². The summed E-state index contributed by atoms with van der Waals surface area (Å²) in [5.74, 6) is -0.408. The van der Waals surface area contributed by atoms with Crippen LogP contribution in [0.5, 0.6) is 0 Å². The minimum atomic E-state index is -0.377. The SMILES string of the molecule is CCOC(=O)c1c(C)c(C(=O)N2CCN(c3ccccc3Cl)CC2)c(C)n1CC. The van der Waals surface area contributed by atoms with Crippen LogP contribution in [0.25, 0.3) is 0 Å². The van der Waals surface area contributed by atoms with Gasteiger partial charge in [0.2, 0.25) is 0 Å². The van der Waals surface area contributed by atoms with Gasteiger partial charge in [0.15, 0.2) is 0 Å². The maximum atomic E-state index is 13.3. The number of para-hydroxylation sites is 1. The number of ether oxygens (including phenoxy) is 1. The third-order valence-corrected chi connectivity index (χ3v) is 5.85. The fourth-order valence-corrected chi connectivity index (χ4v) is 4.34. The summed E-state index contributed by atoms with van der Waals surface area (Å²) in [6.45, 7) is 11.0. The second-order valence-electron chi connectivity index (χ2n) is 7.13. The Kier molecular flexibility index (Phi) is 6.52. The zero-order valence-electron chi connectivity index (χ0n) is 17.5. The van der Waals surface area contributed by atoms with Crippen LogP contribution in [0, 0.1) is 13.8 Å². The molecule has 0 saturated carbocycles. The number of piperazine rings is 1. The molecule has 1 aromatic heterocycles. The zero-order chi connectivity index (χ0) is 21.1. The van der Waals surface area contributed by atoms with E-state index < -0.39 is 0 Å². The van der Waals surface area contributed by atoms with Crippen molar-refractivity contribution in [2.75, 3.05) is 37.7 Å². The molecule has 2 heterocycles. The van der Waals surface area contributed by atoms with Crippen LogP contribution in [0.15, 0.2) is 24.3 Å². The maximum Gasteiger partial charge on any atom is 0.355 e. The van der Waals surface area contributed by atoms with E-state index in [1.807, 2.05) is 54.5 Å². The average molecular weight is 418 g/mol. The number of anilines is 1. The molecule has 0 atom stereocenters. The molecule has 2 aromatic rings. The highest BCUT2D eigenvalue weighted by Crippen LogP contribution is 2.28. The lowest BCUT2D eigenvalue weighted by Crippen LogP contribution is -2.49. The van der Waals surface area contributed by atoms with E-state index in [0.29, 0.717) is 56.2 Å². The first-order chi connectivity index (χ1) is 13.9. The minimum absolute atomic E-state index is 0.0310. The first kappa shape index (κ1) is 21.2. The molecule has 1 fully saturated rings. The van der Waals surface area contributed by atoms with Crippen LogP contribution in [-0.4, -0.2) is 54.1 Å². The van der Waals surface area contributed by atoms with Gasteiger partial charge in [0.05, 0.1) is 22.9 Å². The number of aromatic nitrogens is 1. The number of carbonyl (C=O) groups is 2. The van der Waals surface area contributed by atoms with Gasteiger partial charge in [-0.3, -0.25) is 4.79 Å². The fraction of sp³-hybridized carbons (Fsp3) is 0.455. The molecule has 1 aliphatic rings. The van der Waals surface area contributed by atoms with E-state index in [1.165, 1.54) is 0 Å². The van der Waals surface area contributed by atoms with Gasteiger partial charge < -0.3 is 19.1 Å². The molecule has 1 amide bonds. The largest absolute Gasteiger partial charge is 0.461 e. The van der Waals surface area contributed by atoms with Crippen molar-refractivity contribution in [2.45, 2.75) is 34.2 Å². The summed E-state index contributed by atoms with van der Waals surface area (Å²) >= 11 is 6.32. The van der Waals surface area contributed by atoms with Crippen LogP contribution >= 0.6 is 11.6 Å². The number of nitrogens with zero attached hydrogens (tertiary/aromatic N) is 3. The van der Waals surface area contributed by atoms with Gasteiger partial charge >= 0.3 is 5.97 Å². The number of amides is 1. The van der Waals surface area contributed by atoms with Gasteiger partial charge in [-0.1, -0.05) is 23.7 Å². The summed E-state index contributed by atoms with van der Waals surface area (Å²) in [4.78, 5) is 29.8. The van der Waals surface area contributed by atoms with Crippen molar-refractivity contribution >= 4 is 29.2 Å². The predicted octanol–water partition coefficient (Wildman–Crippen LogP) is 3.92. The number of benzene rings is 1.